The first-order valence-electron chi connectivity index (χ1n) is 6.83. The number of hydrogen-bond acceptors (Lipinski definition) is 3. The quantitative estimate of drug-likeness (QED) is 0.780. The van der Waals surface area contributed by atoms with Crippen LogP contribution in [0.1, 0.15) is 39.0 Å². The second kappa shape index (κ2) is 5.67. The van der Waals surface area contributed by atoms with Crippen LogP contribution in [0.2, 0.25) is 0 Å². The van der Waals surface area contributed by atoms with Crippen LogP contribution in [0.15, 0.2) is 0 Å². The molecule has 1 aliphatic heterocycles. The minimum atomic E-state index is -3.03. The van der Waals surface area contributed by atoms with Crippen LogP contribution in [0.5, 0.6) is 0 Å². The van der Waals surface area contributed by atoms with E-state index in [0.717, 1.165) is 45.2 Å². The van der Waals surface area contributed by atoms with E-state index in [9.17, 15) is 8.42 Å². The number of rotatable bonds is 6. The van der Waals surface area contributed by atoms with Gasteiger partial charge in [-0.3, -0.25) is 0 Å². The fraction of sp³-hybridized carbons (Fsp3) is 1.00. The van der Waals surface area contributed by atoms with Gasteiger partial charge in [0, 0.05) is 12.6 Å². The number of hydrogen-bond donors (Lipinski definition) is 1. The molecule has 0 spiro atoms. The highest BCUT2D eigenvalue weighted by molar-refractivity contribution is 7.89. The fourth-order valence-electron chi connectivity index (χ4n) is 2.59. The van der Waals surface area contributed by atoms with E-state index in [2.05, 4.69) is 5.32 Å². The first-order valence-corrected chi connectivity index (χ1v) is 8.44. The topological polar surface area (TPSA) is 49.4 Å². The van der Waals surface area contributed by atoms with Gasteiger partial charge >= 0.3 is 0 Å². The second-order valence-corrected chi connectivity index (χ2v) is 7.30. The molecule has 1 heterocycles. The van der Waals surface area contributed by atoms with Gasteiger partial charge in [-0.2, -0.15) is 4.31 Å². The maximum Gasteiger partial charge on any atom is 0.214 e. The molecule has 1 N–H and O–H groups in total. The van der Waals surface area contributed by atoms with Crippen molar-refractivity contribution in [1.82, 2.24) is 9.62 Å². The number of sulfonamides is 1. The first kappa shape index (κ1) is 13.3. The highest BCUT2D eigenvalue weighted by atomic mass is 32.2. The lowest BCUT2D eigenvalue weighted by Gasteiger charge is -2.27. The molecule has 2 fully saturated rings. The fourth-order valence-corrected chi connectivity index (χ4v) is 4.79. The monoisotopic (exact) mass is 260 g/mol. The maximum absolute atomic E-state index is 12.4. The third kappa shape index (κ3) is 3.66. The van der Waals surface area contributed by atoms with Crippen molar-refractivity contribution >= 4 is 10.0 Å². The molecule has 0 aromatic rings. The van der Waals surface area contributed by atoms with Gasteiger partial charge < -0.3 is 5.32 Å². The van der Waals surface area contributed by atoms with Gasteiger partial charge in [0.2, 0.25) is 10.0 Å². The van der Waals surface area contributed by atoms with E-state index < -0.39 is 10.0 Å². The summed E-state index contributed by atoms with van der Waals surface area (Å²) in [5.74, 6) is 0.656. The minimum Gasteiger partial charge on any atom is -0.316 e. The minimum absolute atomic E-state index is 0.312. The molecule has 1 aliphatic carbocycles. The summed E-state index contributed by atoms with van der Waals surface area (Å²) in [6.07, 6.45) is 5.19. The summed E-state index contributed by atoms with van der Waals surface area (Å²) in [6, 6.07) is 0.316. The van der Waals surface area contributed by atoms with Gasteiger partial charge in [0.25, 0.3) is 0 Å². The van der Waals surface area contributed by atoms with Gasteiger partial charge in [-0.15, -0.1) is 0 Å². The molecule has 100 valence electrons. The van der Waals surface area contributed by atoms with Crippen LogP contribution in [-0.4, -0.2) is 44.2 Å². The number of nitrogens with one attached hydrogen (secondary N) is 1. The van der Waals surface area contributed by atoms with E-state index in [1.54, 1.807) is 4.31 Å². The molecule has 0 aromatic heterocycles. The Morgan fingerprint density at radius 1 is 1.29 bits per heavy atom. The van der Waals surface area contributed by atoms with E-state index in [1.165, 1.54) is 0 Å². The summed E-state index contributed by atoms with van der Waals surface area (Å²) in [6.45, 7) is 4.65. The van der Waals surface area contributed by atoms with Gasteiger partial charge in [-0.05, 0) is 51.1 Å². The average Bonchev–Trinajstić information content (AvgIpc) is 3.10. The third-order valence-corrected chi connectivity index (χ3v) is 5.69. The molecule has 1 saturated carbocycles. The lowest BCUT2D eigenvalue weighted by Crippen LogP contribution is -2.41. The highest BCUT2D eigenvalue weighted by Crippen LogP contribution is 2.30. The predicted molar refractivity (Wildman–Crippen MR) is 69.4 cm³/mol. The largest absolute Gasteiger partial charge is 0.316 e. The van der Waals surface area contributed by atoms with E-state index in [0.29, 0.717) is 24.3 Å². The zero-order valence-electron chi connectivity index (χ0n) is 10.7. The normalized spacial score (nSPS) is 26.4. The maximum atomic E-state index is 12.4. The highest BCUT2D eigenvalue weighted by Gasteiger charge is 2.37. The molecule has 2 aliphatic rings. The van der Waals surface area contributed by atoms with Gasteiger partial charge in [0.05, 0.1) is 5.75 Å². The van der Waals surface area contributed by atoms with E-state index in [4.69, 9.17) is 0 Å². The molecule has 0 aromatic carbocycles. The SMILES string of the molecule is CCCN(C1CC1)S(=O)(=O)CC1CCCNC1. The number of piperidine rings is 1. The summed E-state index contributed by atoms with van der Waals surface area (Å²) in [5.41, 5.74) is 0. The predicted octanol–water partition coefficient (Wildman–Crippen LogP) is 1.19. The molecule has 0 radical (unpaired) electrons. The Balaban J connectivity index is 1.95. The van der Waals surface area contributed by atoms with Crippen LogP contribution in [0.25, 0.3) is 0 Å². The van der Waals surface area contributed by atoms with E-state index in [1.807, 2.05) is 6.92 Å². The molecule has 1 unspecified atom stereocenters. The summed E-state index contributed by atoms with van der Waals surface area (Å²) in [4.78, 5) is 0. The molecule has 17 heavy (non-hydrogen) atoms. The van der Waals surface area contributed by atoms with Crippen LogP contribution in [-0.2, 0) is 10.0 Å². The van der Waals surface area contributed by atoms with Crippen LogP contribution in [0.3, 0.4) is 0 Å². The van der Waals surface area contributed by atoms with Gasteiger partial charge in [-0.25, -0.2) is 8.42 Å². The molecule has 1 atom stereocenters. The van der Waals surface area contributed by atoms with Gasteiger partial charge in [-0.1, -0.05) is 6.92 Å². The van der Waals surface area contributed by atoms with Gasteiger partial charge in [0.1, 0.15) is 0 Å². The Bertz CT molecular complexity index is 332. The van der Waals surface area contributed by atoms with E-state index >= 15 is 0 Å². The Kier molecular flexibility index (Phi) is 4.44. The van der Waals surface area contributed by atoms with Gasteiger partial charge in [0.15, 0.2) is 0 Å². The summed E-state index contributed by atoms with van der Waals surface area (Å²) >= 11 is 0. The Hall–Kier alpha value is -0.130. The van der Waals surface area contributed by atoms with Crippen molar-refractivity contribution in [2.45, 2.75) is 45.1 Å². The van der Waals surface area contributed by atoms with Crippen molar-refractivity contribution in [1.29, 1.82) is 0 Å². The van der Waals surface area contributed by atoms with Crippen LogP contribution < -0.4 is 5.32 Å². The average molecular weight is 260 g/mol. The summed E-state index contributed by atoms with van der Waals surface area (Å²) in [5, 5.41) is 3.29. The third-order valence-electron chi connectivity index (χ3n) is 3.60. The molecule has 1 saturated heterocycles. The van der Waals surface area contributed by atoms with Crippen LogP contribution in [0, 0.1) is 5.92 Å². The molecule has 4 nitrogen and oxygen atoms in total. The first-order chi connectivity index (χ1) is 8.13. The van der Waals surface area contributed by atoms with E-state index in [-0.39, 0.29) is 0 Å². The van der Waals surface area contributed by atoms with Crippen LogP contribution in [0.4, 0.5) is 0 Å². The standard InChI is InChI=1S/C12H24N2O2S/c1-2-8-14(12-5-6-12)17(15,16)10-11-4-3-7-13-9-11/h11-13H,2-10H2,1H3. The van der Waals surface area contributed by atoms with Crippen LogP contribution >= 0.6 is 0 Å². The summed E-state index contributed by atoms with van der Waals surface area (Å²) in [7, 11) is -3.03. The van der Waals surface area contributed by atoms with Crippen molar-refractivity contribution in [2.24, 2.45) is 5.92 Å². The number of nitrogens with zero attached hydrogens (tertiary/aromatic N) is 1. The Morgan fingerprint density at radius 3 is 2.59 bits per heavy atom. The molecule has 0 amide bonds. The Labute approximate surface area is 105 Å². The molecule has 2 rings (SSSR count). The Morgan fingerprint density at radius 2 is 2.06 bits per heavy atom. The molecule has 0 bridgehead atoms. The molecular formula is C12H24N2O2S. The smallest absolute Gasteiger partial charge is 0.214 e. The van der Waals surface area contributed by atoms with Crippen molar-refractivity contribution in [2.75, 3.05) is 25.4 Å². The van der Waals surface area contributed by atoms with Crippen molar-refractivity contribution < 1.29 is 8.42 Å². The lowest BCUT2D eigenvalue weighted by atomic mass is 10.0. The zero-order valence-corrected chi connectivity index (χ0v) is 11.5. The molecule has 5 heteroatoms. The van der Waals surface area contributed by atoms with Crippen molar-refractivity contribution in [3.63, 3.8) is 0 Å². The van der Waals surface area contributed by atoms with Crippen molar-refractivity contribution in [3.8, 4) is 0 Å². The molecular weight excluding hydrogens is 236 g/mol. The summed E-state index contributed by atoms with van der Waals surface area (Å²) < 4.78 is 26.5. The second-order valence-electron chi connectivity index (χ2n) is 5.33. The lowest BCUT2D eigenvalue weighted by molar-refractivity contribution is 0.372. The zero-order chi connectivity index (χ0) is 12.3. The van der Waals surface area contributed by atoms with Crippen molar-refractivity contribution in [3.05, 3.63) is 0 Å².